The molecule has 444 valence electrons. The summed E-state index contributed by atoms with van der Waals surface area (Å²) in [6.07, 6.45) is 0.793. The van der Waals surface area contributed by atoms with Crippen molar-refractivity contribution in [2.24, 2.45) is 0 Å². The van der Waals surface area contributed by atoms with Gasteiger partial charge in [-0.05, 0) is 248 Å². The molecule has 0 unspecified atom stereocenters. The molecule has 4 aromatic carbocycles. The molecular formula is C64H72BN7O9S4. The Kier molecular flexibility index (Phi) is 21.7. The van der Waals surface area contributed by atoms with Crippen LogP contribution in [0.25, 0.3) is 65.6 Å². The summed E-state index contributed by atoms with van der Waals surface area (Å²) in [6.45, 7) is 36.2. The first kappa shape index (κ1) is 66.2. The lowest BCUT2D eigenvalue weighted by atomic mass is 9.97. The van der Waals surface area contributed by atoms with Crippen LogP contribution in [0.1, 0.15) is 113 Å². The second-order valence-electron chi connectivity index (χ2n) is 20.5. The van der Waals surface area contributed by atoms with E-state index in [1.54, 1.807) is 25.1 Å². The number of oxazole rings is 3. The van der Waals surface area contributed by atoms with Crippen molar-refractivity contribution >= 4 is 124 Å². The van der Waals surface area contributed by atoms with E-state index in [0.717, 1.165) is 110 Å². The van der Waals surface area contributed by atoms with Gasteiger partial charge in [-0.25, -0.2) is 15.0 Å². The number of nitro groups is 1. The number of carbonyl (C=O) groups excluding carboxylic acids is 2. The summed E-state index contributed by atoms with van der Waals surface area (Å²) in [6, 6.07) is 14.2. The van der Waals surface area contributed by atoms with E-state index in [0.29, 0.717) is 37.9 Å². The van der Waals surface area contributed by atoms with Gasteiger partial charge in [0.05, 0.1) is 40.1 Å². The zero-order valence-corrected chi connectivity index (χ0v) is 54.6. The number of thiophene rings is 4. The molecule has 0 aliphatic heterocycles. The lowest BCUT2D eigenvalue weighted by Gasteiger charge is -2.13. The molecule has 0 aliphatic rings. The molecule has 0 atom stereocenters. The van der Waals surface area contributed by atoms with E-state index in [-0.39, 0.29) is 23.3 Å². The first-order valence-electron chi connectivity index (χ1n) is 27.0. The second-order valence-corrected chi connectivity index (χ2v) is 24.9. The summed E-state index contributed by atoms with van der Waals surface area (Å²) in [4.78, 5) is 48.6. The topological polar surface area (TPSA) is 260 Å². The monoisotopic (exact) mass is 1220 g/mol. The summed E-state index contributed by atoms with van der Waals surface area (Å²) in [7, 11) is 5.31. The number of nitrogens with two attached hydrogens (primary N) is 2. The minimum atomic E-state index is -0.401. The molecule has 0 spiro atoms. The number of hydrogen-bond acceptors (Lipinski definition) is 18. The Morgan fingerprint density at radius 3 is 1.29 bits per heavy atom. The quantitative estimate of drug-likeness (QED) is 0.0259. The van der Waals surface area contributed by atoms with Gasteiger partial charge in [0.25, 0.3) is 0 Å². The largest absolute Gasteiger partial charge is 0.505 e. The number of carbonyl (C=O) groups is 2. The number of aryl methyl sites for hydroxylation is 6. The molecule has 85 heavy (non-hydrogen) atoms. The molecule has 0 saturated heterocycles. The van der Waals surface area contributed by atoms with Crippen LogP contribution in [0.15, 0.2) is 61.8 Å². The Hall–Kier alpha value is -7.95. The van der Waals surface area contributed by atoms with Crippen molar-refractivity contribution in [3.05, 3.63) is 153 Å². The smallest absolute Gasteiger partial charge is 0.324 e. The zero-order valence-electron chi connectivity index (χ0n) is 51.3. The number of phenols is 1. The van der Waals surface area contributed by atoms with Gasteiger partial charge < -0.3 is 40.2 Å². The van der Waals surface area contributed by atoms with E-state index >= 15 is 0 Å². The number of nitrogens with one attached hydrogen (secondary N) is 1. The van der Waals surface area contributed by atoms with Gasteiger partial charge in [-0.3, -0.25) is 19.7 Å². The molecule has 7 aromatic heterocycles. The van der Waals surface area contributed by atoms with Gasteiger partial charge in [0, 0.05) is 19.6 Å². The van der Waals surface area contributed by atoms with E-state index in [2.05, 4.69) is 89.5 Å². The molecule has 0 bridgehead atoms. The normalized spacial score (nSPS) is 10.7. The second kappa shape index (κ2) is 27.8. The number of fused-ring (bicyclic) bond motifs is 3. The van der Waals surface area contributed by atoms with Crippen molar-refractivity contribution < 1.29 is 38.0 Å². The van der Waals surface area contributed by atoms with Crippen LogP contribution in [0.3, 0.4) is 0 Å². The maximum absolute atomic E-state index is 11.1. The number of aldehydes is 1. The number of aliphatic hydroxyl groups excluding tert-OH is 1. The van der Waals surface area contributed by atoms with Crippen LogP contribution in [0, 0.1) is 121 Å². The number of aromatic nitrogens is 3. The Bertz CT molecular complexity index is 4050. The van der Waals surface area contributed by atoms with Crippen molar-refractivity contribution in [2.45, 2.75) is 125 Å². The fourth-order valence-electron chi connectivity index (χ4n) is 8.99. The van der Waals surface area contributed by atoms with Gasteiger partial charge in [0.15, 0.2) is 23.0 Å². The highest BCUT2D eigenvalue weighted by molar-refractivity contribution is 7.21. The molecule has 0 saturated carbocycles. The predicted octanol–water partition coefficient (Wildman–Crippen LogP) is 16.4. The molecule has 11 aromatic rings. The lowest BCUT2D eigenvalue weighted by molar-refractivity contribution is -0.380. The third-order valence-corrected chi connectivity index (χ3v) is 19.2. The summed E-state index contributed by atoms with van der Waals surface area (Å²) < 4.78 is 18.5. The molecule has 21 heteroatoms. The van der Waals surface area contributed by atoms with Crippen molar-refractivity contribution in [1.29, 1.82) is 0 Å². The van der Waals surface area contributed by atoms with Gasteiger partial charge in [-0.2, -0.15) is 0 Å². The number of hydrogen-bond donors (Lipinski definition) is 5. The first-order chi connectivity index (χ1) is 40.0. The van der Waals surface area contributed by atoms with Crippen LogP contribution in [0.2, 0.25) is 0 Å². The van der Waals surface area contributed by atoms with Crippen LogP contribution >= 0.6 is 45.3 Å². The number of amides is 1. The summed E-state index contributed by atoms with van der Waals surface area (Å²) in [5, 5.41) is 32.4. The third kappa shape index (κ3) is 14.4. The van der Waals surface area contributed by atoms with E-state index in [1.165, 1.54) is 97.1 Å². The Morgan fingerprint density at radius 2 is 0.941 bits per heavy atom. The summed E-state index contributed by atoms with van der Waals surface area (Å²) >= 11 is 5.33. The molecule has 11 rings (SSSR count). The van der Waals surface area contributed by atoms with Gasteiger partial charge >= 0.3 is 5.00 Å². The minimum Gasteiger partial charge on any atom is -0.505 e. The average Bonchev–Trinajstić information content (AvgIpc) is 2.09. The highest BCUT2D eigenvalue weighted by atomic mass is 32.1. The maximum Gasteiger partial charge on any atom is 0.324 e. The van der Waals surface area contributed by atoms with Crippen molar-refractivity contribution in [2.75, 3.05) is 23.4 Å². The molecule has 2 radical (unpaired) electrons. The number of benzene rings is 4. The van der Waals surface area contributed by atoms with Crippen LogP contribution in [0.5, 0.6) is 5.75 Å². The number of phenolic OH excluding ortho intramolecular Hbond substituents is 1. The van der Waals surface area contributed by atoms with Gasteiger partial charge in [0.1, 0.15) is 30.1 Å². The van der Waals surface area contributed by atoms with Gasteiger partial charge in [0.2, 0.25) is 23.6 Å². The molecule has 0 fully saturated rings. The Balaban J connectivity index is 0.000000174. The molecule has 7 N–H and O–H groups in total. The highest BCUT2D eigenvalue weighted by Gasteiger charge is 2.22. The fourth-order valence-corrected chi connectivity index (χ4v) is 11.9. The standard InChI is InChI=1S/C17H18N2O2S.C15H14N2O3S.C15H16N2OS.C10H15NO.C5H3BOS.C2H6O/c1-8-9(2)11(4)16-15(10(8)3)19-17(21-16)13-6-7-14(22-13)18-12(5)20;1-7-8(2)10(4)14-13(9(7)3)16-15(20-14)11-5-6-12(21-11)17(18)19;1-7-8(2)10(4)14-13(9(7)3)17-15(18-14)11-5-6-12(16)19-11;1-5-6(2)8(4)10(12)9(11)7(5)3;6-5-2-1-4(3-7)8-5;1-2-3/h6-7H,1-5H3,(H,18,20);5-6H,1-4H3;5-6H,16H2,1-4H3;12H,11H2,1-4H3;1-3H;3H,2H2,1H3. The number of nitrogens with zero attached hydrogens (tertiary/aromatic N) is 4. The number of aliphatic hydroxyl groups is 1. The fraction of sp³-hybridized carbons (Fsp3) is 0.297. The number of nitrogen functional groups attached to an aromatic ring is 2. The van der Waals surface area contributed by atoms with E-state index in [9.17, 15) is 24.8 Å². The maximum atomic E-state index is 11.1. The van der Waals surface area contributed by atoms with Crippen molar-refractivity contribution in [3.63, 3.8) is 0 Å². The van der Waals surface area contributed by atoms with Gasteiger partial charge in [-0.15, -0.1) is 34.0 Å². The zero-order chi connectivity index (χ0) is 63.2. The van der Waals surface area contributed by atoms with Crippen LogP contribution in [-0.4, -0.2) is 56.7 Å². The molecule has 1 amide bonds. The van der Waals surface area contributed by atoms with E-state index in [4.69, 9.17) is 37.7 Å². The van der Waals surface area contributed by atoms with Gasteiger partial charge in [-0.1, -0.05) is 17.4 Å². The number of aromatic hydroxyl groups is 1. The number of rotatable bonds is 6. The predicted molar refractivity (Wildman–Crippen MR) is 354 cm³/mol. The van der Waals surface area contributed by atoms with Crippen molar-refractivity contribution in [3.8, 4) is 38.1 Å². The molecule has 7 heterocycles. The SMILES string of the molecule is CC(=O)Nc1ccc(-c2nc3c(C)c(C)c(C)c(C)c3o2)s1.CCO.Cc1c(C)c(C)c(O)c(N)c1C.Cc1c(C)c(C)c2oc(-c3ccc(N)s3)nc2c1C.Cc1c(C)c(C)c2oc(-c3ccc([N+](=O)[O-])s3)nc2c1C.[B]c1ccc(C=O)s1. The van der Waals surface area contributed by atoms with E-state index < -0.39 is 4.92 Å². The number of anilines is 3. The minimum absolute atomic E-state index is 0.0797. The molecule has 16 nitrogen and oxygen atoms in total. The van der Waals surface area contributed by atoms with E-state index in [1.807, 2.05) is 65.8 Å². The van der Waals surface area contributed by atoms with Crippen molar-refractivity contribution in [1.82, 2.24) is 15.0 Å². The highest BCUT2D eigenvalue weighted by Crippen LogP contribution is 2.40. The van der Waals surface area contributed by atoms with Crippen LogP contribution < -0.4 is 21.6 Å². The average molecular weight is 1220 g/mol. The van der Waals surface area contributed by atoms with Crippen LogP contribution in [-0.2, 0) is 4.79 Å². The Morgan fingerprint density at radius 1 is 0.565 bits per heavy atom. The lowest BCUT2D eigenvalue weighted by Crippen LogP contribution is -2.03. The summed E-state index contributed by atoms with van der Waals surface area (Å²) in [5.74, 6) is 1.86. The Labute approximate surface area is 512 Å². The first-order valence-corrected chi connectivity index (χ1v) is 30.3. The molecule has 0 aliphatic carbocycles. The van der Waals surface area contributed by atoms with Crippen LogP contribution in [0.4, 0.5) is 20.7 Å². The molecular weight excluding hydrogens is 1150 g/mol. The summed E-state index contributed by atoms with van der Waals surface area (Å²) in [5.41, 5.74) is 35.6. The third-order valence-electron chi connectivity index (χ3n) is 15.4.